The fourth-order valence-electron chi connectivity index (χ4n) is 2.84. The third kappa shape index (κ3) is 3.47. The molecule has 0 unspecified atom stereocenters. The van der Waals surface area contributed by atoms with E-state index >= 15 is 0 Å². The molecule has 3 aromatic heterocycles. The maximum absolute atomic E-state index is 12.4. The molecule has 0 saturated carbocycles. The van der Waals surface area contributed by atoms with Crippen LogP contribution in [0.1, 0.15) is 16.2 Å². The Morgan fingerprint density at radius 1 is 1.32 bits per heavy atom. The van der Waals surface area contributed by atoms with Crippen LogP contribution in [-0.2, 0) is 13.6 Å². The van der Waals surface area contributed by atoms with Crippen LogP contribution in [0.25, 0.3) is 10.7 Å². The van der Waals surface area contributed by atoms with E-state index in [4.69, 9.17) is 4.52 Å². The van der Waals surface area contributed by atoms with Crippen LogP contribution in [0.4, 0.5) is 0 Å². The highest BCUT2D eigenvalue weighted by Gasteiger charge is 2.24. The lowest BCUT2D eigenvalue weighted by molar-refractivity contribution is 0.0615. The molecular weight excluding hydrogens is 340 g/mol. The Morgan fingerprint density at radius 2 is 2.16 bits per heavy atom. The average Bonchev–Trinajstić information content (AvgIpc) is 3.36. The number of aromatic nitrogens is 4. The Bertz CT molecular complexity index is 848. The van der Waals surface area contributed by atoms with Gasteiger partial charge in [0.2, 0.25) is 11.7 Å². The minimum Gasteiger partial charge on any atom is -0.338 e. The fraction of sp³-hybridized carbons (Fsp3) is 0.375. The zero-order valence-corrected chi connectivity index (χ0v) is 14.6. The van der Waals surface area contributed by atoms with Crippen LogP contribution in [-0.4, -0.2) is 61.8 Å². The molecule has 0 atom stereocenters. The van der Waals surface area contributed by atoms with E-state index in [1.165, 1.54) is 0 Å². The van der Waals surface area contributed by atoms with E-state index in [9.17, 15) is 4.79 Å². The Kier molecular flexibility index (Phi) is 4.33. The monoisotopic (exact) mass is 358 g/mol. The Morgan fingerprint density at radius 3 is 2.84 bits per heavy atom. The predicted octanol–water partition coefficient (Wildman–Crippen LogP) is 1.49. The molecule has 3 aromatic rings. The molecule has 0 aliphatic carbocycles. The predicted molar refractivity (Wildman–Crippen MR) is 92.0 cm³/mol. The molecule has 8 nitrogen and oxygen atoms in total. The second kappa shape index (κ2) is 6.77. The highest BCUT2D eigenvalue weighted by molar-refractivity contribution is 7.13. The van der Waals surface area contributed by atoms with E-state index in [0.717, 1.165) is 18.0 Å². The second-order valence-corrected chi connectivity index (χ2v) is 6.91. The summed E-state index contributed by atoms with van der Waals surface area (Å²) in [5.74, 6) is 1.27. The first kappa shape index (κ1) is 16.0. The molecule has 0 aromatic carbocycles. The number of piperazine rings is 1. The summed E-state index contributed by atoms with van der Waals surface area (Å²) in [6, 6.07) is 3.94. The maximum atomic E-state index is 12.4. The van der Waals surface area contributed by atoms with Gasteiger partial charge >= 0.3 is 0 Å². The highest BCUT2D eigenvalue weighted by atomic mass is 32.1. The van der Waals surface area contributed by atoms with Crippen LogP contribution in [0, 0.1) is 0 Å². The summed E-state index contributed by atoms with van der Waals surface area (Å²) >= 11 is 1.59. The van der Waals surface area contributed by atoms with Crippen molar-refractivity contribution in [3.05, 3.63) is 41.4 Å². The van der Waals surface area contributed by atoms with Crippen molar-refractivity contribution < 1.29 is 9.32 Å². The van der Waals surface area contributed by atoms with Gasteiger partial charge in [0.25, 0.3) is 5.91 Å². The number of hydrogen-bond acceptors (Lipinski definition) is 7. The van der Waals surface area contributed by atoms with Crippen molar-refractivity contribution in [2.45, 2.75) is 6.54 Å². The number of thiophene rings is 1. The molecule has 9 heteroatoms. The number of amides is 1. The molecule has 1 saturated heterocycles. The summed E-state index contributed by atoms with van der Waals surface area (Å²) in [6.07, 6.45) is 3.36. The van der Waals surface area contributed by atoms with Crippen LogP contribution >= 0.6 is 11.3 Å². The summed E-state index contributed by atoms with van der Waals surface area (Å²) in [5.41, 5.74) is 0.633. The van der Waals surface area contributed by atoms with Crippen molar-refractivity contribution in [3.63, 3.8) is 0 Å². The van der Waals surface area contributed by atoms with Crippen molar-refractivity contribution in [2.75, 3.05) is 26.2 Å². The molecule has 1 aliphatic heterocycles. The molecule has 0 radical (unpaired) electrons. The second-order valence-electron chi connectivity index (χ2n) is 5.96. The van der Waals surface area contributed by atoms with Crippen LogP contribution in [0.3, 0.4) is 0 Å². The minimum absolute atomic E-state index is 0.0329. The zero-order valence-electron chi connectivity index (χ0n) is 13.8. The van der Waals surface area contributed by atoms with Crippen LogP contribution in [0.15, 0.2) is 34.4 Å². The number of aryl methyl sites for hydroxylation is 1. The van der Waals surface area contributed by atoms with Gasteiger partial charge in [-0.15, -0.1) is 11.3 Å². The molecule has 1 amide bonds. The normalized spacial score (nSPS) is 15.6. The number of carbonyl (C=O) groups is 1. The van der Waals surface area contributed by atoms with Crippen molar-refractivity contribution in [1.29, 1.82) is 0 Å². The molecule has 0 bridgehead atoms. The summed E-state index contributed by atoms with van der Waals surface area (Å²) in [5, 5.41) is 10.1. The lowest BCUT2D eigenvalue weighted by Gasteiger charge is -2.33. The Labute approximate surface area is 148 Å². The van der Waals surface area contributed by atoms with Gasteiger partial charge in [0.15, 0.2) is 0 Å². The molecular formula is C16H18N6O2S. The van der Waals surface area contributed by atoms with E-state index in [1.54, 1.807) is 28.4 Å². The van der Waals surface area contributed by atoms with Gasteiger partial charge in [-0.3, -0.25) is 14.4 Å². The first-order chi connectivity index (χ1) is 12.2. The number of nitrogens with zero attached hydrogens (tertiary/aromatic N) is 6. The fourth-order valence-corrected chi connectivity index (χ4v) is 3.49. The SMILES string of the molecule is Cn1cc(C(=O)N2CCN(Cc3nc(-c4cccs4)no3)CC2)cn1. The molecule has 4 rings (SSSR count). The maximum Gasteiger partial charge on any atom is 0.257 e. The zero-order chi connectivity index (χ0) is 17.2. The first-order valence-corrected chi connectivity index (χ1v) is 8.94. The largest absolute Gasteiger partial charge is 0.338 e. The van der Waals surface area contributed by atoms with E-state index in [-0.39, 0.29) is 5.91 Å². The Hall–Kier alpha value is -2.52. The quantitative estimate of drug-likeness (QED) is 0.703. The molecule has 4 heterocycles. The van der Waals surface area contributed by atoms with Gasteiger partial charge in [0.1, 0.15) is 0 Å². The van der Waals surface area contributed by atoms with Crippen molar-refractivity contribution >= 4 is 17.2 Å². The van der Waals surface area contributed by atoms with E-state index in [1.807, 2.05) is 29.5 Å². The third-order valence-electron chi connectivity index (χ3n) is 4.18. The van der Waals surface area contributed by atoms with Gasteiger partial charge < -0.3 is 9.42 Å². The van der Waals surface area contributed by atoms with Gasteiger partial charge in [-0.2, -0.15) is 10.1 Å². The van der Waals surface area contributed by atoms with Gasteiger partial charge in [0.05, 0.1) is 23.2 Å². The number of carbonyl (C=O) groups excluding carboxylic acids is 1. The standard InChI is InChI=1S/C16H18N6O2S/c1-20-10-12(9-17-20)16(23)22-6-4-21(5-7-22)11-14-18-15(19-24-14)13-3-2-8-25-13/h2-3,8-10H,4-7,11H2,1H3. The molecule has 0 N–H and O–H groups in total. The van der Waals surface area contributed by atoms with Gasteiger partial charge in [-0.05, 0) is 11.4 Å². The smallest absolute Gasteiger partial charge is 0.257 e. The van der Waals surface area contributed by atoms with Crippen molar-refractivity contribution in [2.24, 2.45) is 7.05 Å². The summed E-state index contributed by atoms with van der Waals surface area (Å²) < 4.78 is 6.99. The van der Waals surface area contributed by atoms with E-state index < -0.39 is 0 Å². The van der Waals surface area contributed by atoms with Gasteiger partial charge in [0, 0.05) is 39.4 Å². The van der Waals surface area contributed by atoms with Crippen molar-refractivity contribution in [3.8, 4) is 10.7 Å². The van der Waals surface area contributed by atoms with Gasteiger partial charge in [-0.25, -0.2) is 0 Å². The van der Waals surface area contributed by atoms with Crippen LogP contribution in [0.2, 0.25) is 0 Å². The summed E-state index contributed by atoms with van der Waals surface area (Å²) in [7, 11) is 1.81. The molecule has 130 valence electrons. The third-order valence-corrected chi connectivity index (χ3v) is 5.05. The van der Waals surface area contributed by atoms with E-state index in [2.05, 4.69) is 20.1 Å². The number of hydrogen-bond donors (Lipinski definition) is 0. The van der Waals surface area contributed by atoms with Crippen LogP contribution in [0.5, 0.6) is 0 Å². The number of rotatable bonds is 4. The lowest BCUT2D eigenvalue weighted by atomic mass is 10.2. The minimum atomic E-state index is 0.0329. The lowest BCUT2D eigenvalue weighted by Crippen LogP contribution is -2.48. The van der Waals surface area contributed by atoms with Gasteiger partial charge in [-0.1, -0.05) is 11.2 Å². The first-order valence-electron chi connectivity index (χ1n) is 8.06. The molecule has 0 spiro atoms. The summed E-state index contributed by atoms with van der Waals surface area (Å²) in [6.45, 7) is 3.53. The topological polar surface area (TPSA) is 80.3 Å². The average molecular weight is 358 g/mol. The molecule has 1 aliphatic rings. The van der Waals surface area contributed by atoms with Crippen molar-refractivity contribution in [1.82, 2.24) is 29.7 Å². The molecule has 25 heavy (non-hydrogen) atoms. The summed E-state index contributed by atoms with van der Waals surface area (Å²) in [4.78, 5) is 22.0. The van der Waals surface area contributed by atoms with Crippen LogP contribution < -0.4 is 0 Å². The van der Waals surface area contributed by atoms with E-state index in [0.29, 0.717) is 36.9 Å². The highest BCUT2D eigenvalue weighted by Crippen LogP contribution is 2.21. The molecule has 1 fully saturated rings. The Balaban J connectivity index is 1.32.